The molecule has 1 aliphatic heterocycles. The lowest BCUT2D eigenvalue weighted by molar-refractivity contribution is -0.125. The van der Waals surface area contributed by atoms with Crippen molar-refractivity contribution in [3.8, 4) is 6.07 Å². The van der Waals surface area contributed by atoms with Crippen molar-refractivity contribution >= 4 is 11.7 Å². The predicted molar refractivity (Wildman–Crippen MR) is 74.2 cm³/mol. The summed E-state index contributed by atoms with van der Waals surface area (Å²) >= 11 is 0. The number of morpholine rings is 1. The SMILES string of the molecule is CC(C)NC(=O)C1COCCN1c1cc(C#N)ccn1. The first-order valence-corrected chi connectivity index (χ1v) is 6.62. The van der Waals surface area contributed by atoms with Gasteiger partial charge in [-0.05, 0) is 26.0 Å². The van der Waals surface area contributed by atoms with E-state index in [1.165, 1.54) is 0 Å². The van der Waals surface area contributed by atoms with Crippen LogP contribution < -0.4 is 10.2 Å². The van der Waals surface area contributed by atoms with Crippen LogP contribution in [0, 0.1) is 11.3 Å². The molecule has 1 amide bonds. The van der Waals surface area contributed by atoms with Gasteiger partial charge in [-0.3, -0.25) is 4.79 Å². The first-order chi connectivity index (χ1) is 9.61. The van der Waals surface area contributed by atoms with Gasteiger partial charge >= 0.3 is 0 Å². The molecule has 1 aromatic rings. The fourth-order valence-electron chi connectivity index (χ4n) is 2.12. The zero-order valence-electron chi connectivity index (χ0n) is 11.7. The summed E-state index contributed by atoms with van der Waals surface area (Å²) in [6, 6.07) is 5.09. The lowest BCUT2D eigenvalue weighted by Gasteiger charge is -2.35. The molecule has 20 heavy (non-hydrogen) atoms. The molecule has 1 saturated heterocycles. The van der Waals surface area contributed by atoms with E-state index in [0.717, 1.165) is 0 Å². The van der Waals surface area contributed by atoms with Gasteiger partial charge in [0, 0.05) is 18.8 Å². The van der Waals surface area contributed by atoms with E-state index in [-0.39, 0.29) is 11.9 Å². The second-order valence-corrected chi connectivity index (χ2v) is 4.96. The molecule has 0 bridgehead atoms. The molecule has 0 aromatic carbocycles. The summed E-state index contributed by atoms with van der Waals surface area (Å²) in [4.78, 5) is 18.4. The summed E-state index contributed by atoms with van der Waals surface area (Å²) in [5.41, 5.74) is 0.532. The normalized spacial score (nSPS) is 18.7. The molecular formula is C14H18N4O2. The van der Waals surface area contributed by atoms with E-state index in [1.807, 2.05) is 18.7 Å². The summed E-state index contributed by atoms with van der Waals surface area (Å²) < 4.78 is 5.40. The highest BCUT2D eigenvalue weighted by Gasteiger charge is 2.30. The van der Waals surface area contributed by atoms with Crippen LogP contribution >= 0.6 is 0 Å². The number of anilines is 1. The van der Waals surface area contributed by atoms with E-state index in [0.29, 0.717) is 31.1 Å². The Morgan fingerprint density at radius 3 is 3.15 bits per heavy atom. The third kappa shape index (κ3) is 3.25. The lowest BCUT2D eigenvalue weighted by Crippen LogP contribution is -2.55. The minimum Gasteiger partial charge on any atom is -0.377 e. The number of ether oxygens (including phenoxy) is 1. The van der Waals surface area contributed by atoms with Gasteiger partial charge < -0.3 is 15.0 Å². The second-order valence-electron chi connectivity index (χ2n) is 4.96. The zero-order valence-corrected chi connectivity index (χ0v) is 11.7. The molecule has 2 rings (SSSR count). The van der Waals surface area contributed by atoms with Crippen LogP contribution in [0.5, 0.6) is 0 Å². The van der Waals surface area contributed by atoms with Crippen LogP contribution in [0.2, 0.25) is 0 Å². The summed E-state index contributed by atoms with van der Waals surface area (Å²) in [7, 11) is 0. The maximum absolute atomic E-state index is 12.2. The van der Waals surface area contributed by atoms with E-state index < -0.39 is 6.04 Å². The van der Waals surface area contributed by atoms with Gasteiger partial charge in [-0.1, -0.05) is 0 Å². The Morgan fingerprint density at radius 1 is 1.65 bits per heavy atom. The first kappa shape index (κ1) is 14.3. The third-order valence-corrected chi connectivity index (χ3v) is 3.03. The fourth-order valence-corrected chi connectivity index (χ4v) is 2.12. The van der Waals surface area contributed by atoms with Crippen molar-refractivity contribution in [2.24, 2.45) is 0 Å². The zero-order chi connectivity index (χ0) is 14.5. The molecule has 1 N–H and O–H groups in total. The summed E-state index contributed by atoms with van der Waals surface area (Å²) in [6.07, 6.45) is 1.58. The first-order valence-electron chi connectivity index (χ1n) is 6.62. The minimum atomic E-state index is -0.410. The Kier molecular flexibility index (Phi) is 4.53. The molecule has 1 atom stereocenters. The molecule has 1 aromatic heterocycles. The van der Waals surface area contributed by atoms with Crippen LogP contribution in [0.4, 0.5) is 5.82 Å². The number of hydrogen-bond donors (Lipinski definition) is 1. The fraction of sp³-hybridized carbons (Fsp3) is 0.500. The van der Waals surface area contributed by atoms with Crippen LogP contribution in [0.3, 0.4) is 0 Å². The topological polar surface area (TPSA) is 78.2 Å². The highest BCUT2D eigenvalue weighted by Crippen LogP contribution is 2.18. The van der Waals surface area contributed by atoms with Gasteiger partial charge in [-0.15, -0.1) is 0 Å². The smallest absolute Gasteiger partial charge is 0.245 e. The van der Waals surface area contributed by atoms with Crippen molar-refractivity contribution in [1.29, 1.82) is 5.26 Å². The van der Waals surface area contributed by atoms with Crippen LogP contribution in [-0.4, -0.2) is 42.7 Å². The van der Waals surface area contributed by atoms with Crippen LogP contribution in [0.25, 0.3) is 0 Å². The number of amides is 1. The number of rotatable bonds is 3. The van der Waals surface area contributed by atoms with Gasteiger partial charge in [0.1, 0.15) is 11.9 Å². The molecule has 1 unspecified atom stereocenters. The highest BCUT2D eigenvalue weighted by molar-refractivity contribution is 5.85. The number of nitrogens with one attached hydrogen (secondary N) is 1. The van der Waals surface area contributed by atoms with Crippen molar-refractivity contribution in [1.82, 2.24) is 10.3 Å². The Morgan fingerprint density at radius 2 is 2.45 bits per heavy atom. The standard InChI is InChI=1S/C14H18N4O2/c1-10(2)17-14(19)12-9-20-6-5-18(12)13-7-11(8-15)3-4-16-13/h3-4,7,10,12H,5-6,9H2,1-2H3,(H,17,19). The molecule has 1 fully saturated rings. The van der Waals surface area contributed by atoms with Gasteiger partial charge in [0.2, 0.25) is 5.91 Å². The molecule has 106 valence electrons. The maximum atomic E-state index is 12.2. The average Bonchev–Trinajstić information content (AvgIpc) is 2.46. The van der Waals surface area contributed by atoms with Gasteiger partial charge in [0.05, 0.1) is 24.8 Å². The third-order valence-electron chi connectivity index (χ3n) is 3.03. The Bertz CT molecular complexity index is 524. The van der Waals surface area contributed by atoms with E-state index in [9.17, 15) is 4.79 Å². The highest BCUT2D eigenvalue weighted by atomic mass is 16.5. The number of nitrogens with zero attached hydrogens (tertiary/aromatic N) is 3. The molecule has 6 nitrogen and oxygen atoms in total. The van der Waals surface area contributed by atoms with Crippen LogP contribution in [-0.2, 0) is 9.53 Å². The largest absolute Gasteiger partial charge is 0.377 e. The van der Waals surface area contributed by atoms with Gasteiger partial charge in [-0.2, -0.15) is 5.26 Å². The monoisotopic (exact) mass is 274 g/mol. The lowest BCUT2D eigenvalue weighted by atomic mass is 10.2. The molecule has 0 spiro atoms. The van der Waals surface area contributed by atoms with E-state index >= 15 is 0 Å². The molecule has 6 heteroatoms. The van der Waals surface area contributed by atoms with Gasteiger partial charge in [0.15, 0.2) is 0 Å². The Hall–Kier alpha value is -2.13. The number of carbonyl (C=O) groups is 1. The number of nitriles is 1. The van der Waals surface area contributed by atoms with Crippen molar-refractivity contribution in [3.63, 3.8) is 0 Å². The number of aromatic nitrogens is 1. The molecule has 2 heterocycles. The molecule has 0 aliphatic carbocycles. The quantitative estimate of drug-likeness (QED) is 0.877. The predicted octanol–water partition coefficient (Wildman–Crippen LogP) is 0.683. The minimum absolute atomic E-state index is 0.0738. The van der Waals surface area contributed by atoms with E-state index in [4.69, 9.17) is 10.00 Å². The molecule has 0 saturated carbocycles. The number of hydrogen-bond acceptors (Lipinski definition) is 5. The van der Waals surface area contributed by atoms with Crippen LogP contribution in [0.1, 0.15) is 19.4 Å². The Balaban J connectivity index is 2.22. The van der Waals surface area contributed by atoms with Crippen molar-refractivity contribution in [3.05, 3.63) is 23.9 Å². The van der Waals surface area contributed by atoms with Gasteiger partial charge in [0.25, 0.3) is 0 Å². The average molecular weight is 274 g/mol. The summed E-state index contributed by atoms with van der Waals surface area (Å²) in [5, 5.41) is 11.8. The molecule has 0 radical (unpaired) electrons. The second kappa shape index (κ2) is 6.35. The van der Waals surface area contributed by atoms with Crippen molar-refractivity contribution in [2.45, 2.75) is 25.9 Å². The molecular weight excluding hydrogens is 256 g/mol. The molecule has 1 aliphatic rings. The summed E-state index contributed by atoms with van der Waals surface area (Å²) in [5.74, 6) is 0.556. The van der Waals surface area contributed by atoms with E-state index in [2.05, 4.69) is 16.4 Å². The van der Waals surface area contributed by atoms with Crippen molar-refractivity contribution < 1.29 is 9.53 Å². The number of carbonyl (C=O) groups excluding carboxylic acids is 1. The maximum Gasteiger partial charge on any atom is 0.245 e. The van der Waals surface area contributed by atoms with Gasteiger partial charge in [-0.25, -0.2) is 4.98 Å². The van der Waals surface area contributed by atoms with E-state index in [1.54, 1.807) is 18.3 Å². The Labute approximate surface area is 118 Å². The van der Waals surface area contributed by atoms with Crippen LogP contribution in [0.15, 0.2) is 18.3 Å². The number of pyridine rings is 1. The van der Waals surface area contributed by atoms with Crippen molar-refractivity contribution in [2.75, 3.05) is 24.7 Å². The summed E-state index contributed by atoms with van der Waals surface area (Å²) in [6.45, 7) is 5.29.